The molecule has 0 aliphatic heterocycles. The molecule has 0 atom stereocenters. The Morgan fingerprint density at radius 3 is 2.40 bits per heavy atom. The highest BCUT2D eigenvalue weighted by molar-refractivity contribution is 6.08. The number of anilines is 4. The number of nitrogens with zero attached hydrogens (tertiary/aromatic N) is 3. The van der Waals surface area contributed by atoms with Crippen molar-refractivity contribution in [1.82, 2.24) is 15.0 Å². The lowest BCUT2D eigenvalue weighted by atomic mass is 10.2. The average Bonchev–Trinajstić information content (AvgIpc) is 2.95. The van der Waals surface area contributed by atoms with Gasteiger partial charge in [0.25, 0.3) is 5.91 Å². The molecule has 224 valence electrons. The number of carbonyl (C=O) groups is 3. The van der Waals surface area contributed by atoms with Crippen molar-refractivity contribution in [2.24, 2.45) is 0 Å². The van der Waals surface area contributed by atoms with Crippen molar-refractivity contribution in [3.05, 3.63) is 60.0 Å². The van der Waals surface area contributed by atoms with Gasteiger partial charge in [0.2, 0.25) is 11.9 Å². The standard InChI is InChI=1S/C30H39N7O5/c1-6-14-32-27-22(19-34-29(37-27)33-17-13-20-11-15-31-16-12-20)28(40)35-21-7-8-24(41-5)23(18-21)36-25(38)9-10-26(39)42-30(2,3)4/h7-8,11-12,15-16,18-19H,6,9-10,13-14,17H2,1-5H3,(H,35,40)(H,36,38)(H2,32,33,34,37). The topological polar surface area (TPSA) is 156 Å². The van der Waals surface area contributed by atoms with Crippen LogP contribution in [0.4, 0.5) is 23.1 Å². The van der Waals surface area contributed by atoms with E-state index in [4.69, 9.17) is 9.47 Å². The van der Waals surface area contributed by atoms with Gasteiger partial charge >= 0.3 is 5.97 Å². The van der Waals surface area contributed by atoms with Gasteiger partial charge in [-0.25, -0.2) is 4.98 Å². The molecule has 0 fully saturated rings. The number of nitrogens with one attached hydrogen (secondary N) is 4. The number of esters is 1. The Morgan fingerprint density at radius 1 is 0.952 bits per heavy atom. The minimum absolute atomic E-state index is 0.0655. The number of methoxy groups -OCH3 is 1. The average molecular weight is 578 g/mol. The second-order valence-corrected chi connectivity index (χ2v) is 10.4. The van der Waals surface area contributed by atoms with Gasteiger partial charge in [-0.3, -0.25) is 19.4 Å². The van der Waals surface area contributed by atoms with Crippen molar-refractivity contribution >= 4 is 40.9 Å². The van der Waals surface area contributed by atoms with E-state index in [1.807, 2.05) is 19.1 Å². The number of benzene rings is 1. The monoisotopic (exact) mass is 577 g/mol. The van der Waals surface area contributed by atoms with Gasteiger partial charge in [0, 0.05) is 43.8 Å². The first-order valence-corrected chi connectivity index (χ1v) is 13.8. The summed E-state index contributed by atoms with van der Waals surface area (Å²) in [6, 6.07) is 8.76. The number of hydrogen-bond donors (Lipinski definition) is 4. The maximum absolute atomic E-state index is 13.3. The molecule has 0 spiro atoms. The Hall–Kier alpha value is -4.74. The third-order valence-electron chi connectivity index (χ3n) is 5.73. The highest BCUT2D eigenvalue weighted by Crippen LogP contribution is 2.29. The summed E-state index contributed by atoms with van der Waals surface area (Å²) in [5, 5.41) is 12.0. The fourth-order valence-electron chi connectivity index (χ4n) is 3.78. The molecular formula is C30H39N7O5. The Balaban J connectivity index is 1.67. The van der Waals surface area contributed by atoms with Crippen LogP contribution in [0.25, 0.3) is 0 Å². The SMILES string of the molecule is CCCNc1nc(NCCc2ccncc2)ncc1C(=O)Nc1ccc(OC)c(NC(=O)CCC(=O)OC(C)(C)C)c1. The van der Waals surface area contributed by atoms with E-state index in [1.165, 1.54) is 13.3 Å². The lowest BCUT2D eigenvalue weighted by molar-refractivity contribution is -0.155. The van der Waals surface area contributed by atoms with Crippen LogP contribution in [-0.2, 0) is 20.7 Å². The molecule has 0 radical (unpaired) electrons. The molecule has 12 heteroatoms. The molecule has 0 bridgehead atoms. The Kier molecular flexibility index (Phi) is 11.6. The van der Waals surface area contributed by atoms with Crippen molar-refractivity contribution in [2.45, 2.75) is 59.0 Å². The predicted molar refractivity (Wildman–Crippen MR) is 162 cm³/mol. The van der Waals surface area contributed by atoms with E-state index in [0.29, 0.717) is 42.0 Å². The third kappa shape index (κ3) is 10.3. The van der Waals surface area contributed by atoms with E-state index >= 15 is 0 Å². The van der Waals surface area contributed by atoms with Gasteiger partial charge in [-0.2, -0.15) is 4.98 Å². The summed E-state index contributed by atoms with van der Waals surface area (Å²) in [4.78, 5) is 50.7. The Morgan fingerprint density at radius 2 is 1.71 bits per heavy atom. The molecular weight excluding hydrogens is 538 g/mol. The zero-order chi connectivity index (χ0) is 30.5. The van der Waals surface area contributed by atoms with Gasteiger partial charge in [-0.05, 0) is 69.5 Å². The summed E-state index contributed by atoms with van der Waals surface area (Å²) >= 11 is 0. The van der Waals surface area contributed by atoms with E-state index in [-0.39, 0.29) is 18.4 Å². The fraction of sp³-hybridized carbons (Fsp3) is 0.400. The van der Waals surface area contributed by atoms with Crippen molar-refractivity contribution in [2.75, 3.05) is 41.5 Å². The first kappa shape index (κ1) is 31.8. The number of rotatable bonds is 14. The maximum atomic E-state index is 13.3. The van der Waals surface area contributed by atoms with Crippen LogP contribution in [0.15, 0.2) is 48.9 Å². The number of pyridine rings is 1. The zero-order valence-electron chi connectivity index (χ0n) is 24.7. The van der Waals surface area contributed by atoms with Crippen LogP contribution in [0.3, 0.4) is 0 Å². The van der Waals surface area contributed by atoms with Crippen molar-refractivity contribution < 1.29 is 23.9 Å². The highest BCUT2D eigenvalue weighted by Gasteiger charge is 2.19. The van der Waals surface area contributed by atoms with E-state index in [1.54, 1.807) is 51.4 Å². The van der Waals surface area contributed by atoms with E-state index < -0.39 is 23.4 Å². The first-order chi connectivity index (χ1) is 20.1. The minimum atomic E-state index is -0.627. The van der Waals surface area contributed by atoms with Crippen LogP contribution < -0.4 is 26.0 Å². The van der Waals surface area contributed by atoms with E-state index in [0.717, 1.165) is 18.4 Å². The summed E-state index contributed by atoms with van der Waals surface area (Å²) in [6.07, 6.45) is 6.44. The number of hydrogen-bond acceptors (Lipinski definition) is 10. The largest absolute Gasteiger partial charge is 0.495 e. The second-order valence-electron chi connectivity index (χ2n) is 10.4. The summed E-state index contributed by atoms with van der Waals surface area (Å²) < 4.78 is 10.6. The number of amides is 2. The van der Waals surface area contributed by atoms with E-state index in [9.17, 15) is 14.4 Å². The van der Waals surface area contributed by atoms with Gasteiger partial charge in [0.15, 0.2) is 0 Å². The van der Waals surface area contributed by atoms with Crippen molar-refractivity contribution in [3.8, 4) is 5.75 Å². The van der Waals surface area contributed by atoms with Crippen LogP contribution in [0.5, 0.6) is 5.75 Å². The molecule has 3 rings (SSSR count). The zero-order valence-corrected chi connectivity index (χ0v) is 24.7. The van der Waals surface area contributed by atoms with Crippen LogP contribution in [0.2, 0.25) is 0 Å². The minimum Gasteiger partial charge on any atom is -0.495 e. The molecule has 12 nitrogen and oxygen atoms in total. The lowest BCUT2D eigenvalue weighted by Gasteiger charge is -2.19. The number of aromatic nitrogens is 3. The molecule has 0 aliphatic rings. The molecule has 0 unspecified atom stereocenters. The highest BCUT2D eigenvalue weighted by atomic mass is 16.6. The smallest absolute Gasteiger partial charge is 0.306 e. The maximum Gasteiger partial charge on any atom is 0.306 e. The molecule has 2 amide bonds. The molecule has 2 aromatic heterocycles. The second kappa shape index (κ2) is 15.3. The normalized spacial score (nSPS) is 10.9. The summed E-state index contributed by atoms with van der Waals surface area (Å²) in [6.45, 7) is 8.54. The number of carbonyl (C=O) groups excluding carboxylic acids is 3. The molecule has 42 heavy (non-hydrogen) atoms. The van der Waals surface area contributed by atoms with Crippen molar-refractivity contribution in [1.29, 1.82) is 0 Å². The molecule has 2 heterocycles. The van der Waals surface area contributed by atoms with Crippen LogP contribution >= 0.6 is 0 Å². The molecule has 0 aliphatic carbocycles. The van der Waals surface area contributed by atoms with Gasteiger partial charge in [-0.1, -0.05) is 6.92 Å². The molecule has 3 aromatic rings. The Bertz CT molecular complexity index is 1360. The van der Waals surface area contributed by atoms with Gasteiger partial charge < -0.3 is 30.7 Å². The fourth-order valence-corrected chi connectivity index (χ4v) is 3.78. The van der Waals surface area contributed by atoms with E-state index in [2.05, 4.69) is 36.2 Å². The lowest BCUT2D eigenvalue weighted by Crippen LogP contribution is -2.24. The van der Waals surface area contributed by atoms with Gasteiger partial charge in [0.05, 0.1) is 19.2 Å². The van der Waals surface area contributed by atoms with Crippen LogP contribution in [0.1, 0.15) is 62.9 Å². The quantitative estimate of drug-likeness (QED) is 0.199. The Labute approximate surface area is 246 Å². The molecule has 1 aromatic carbocycles. The summed E-state index contributed by atoms with van der Waals surface area (Å²) in [5.41, 5.74) is 1.54. The van der Waals surface area contributed by atoms with Gasteiger partial charge in [-0.15, -0.1) is 0 Å². The van der Waals surface area contributed by atoms with Crippen molar-refractivity contribution in [3.63, 3.8) is 0 Å². The first-order valence-electron chi connectivity index (χ1n) is 13.8. The summed E-state index contributed by atoms with van der Waals surface area (Å²) in [7, 11) is 1.47. The number of ether oxygens (including phenoxy) is 2. The van der Waals surface area contributed by atoms with Crippen LogP contribution in [-0.4, -0.2) is 58.5 Å². The molecule has 0 saturated carbocycles. The van der Waals surface area contributed by atoms with Crippen LogP contribution in [0, 0.1) is 0 Å². The third-order valence-corrected chi connectivity index (χ3v) is 5.73. The van der Waals surface area contributed by atoms with Gasteiger partial charge in [0.1, 0.15) is 22.7 Å². The molecule has 0 saturated heterocycles. The molecule has 4 N–H and O–H groups in total. The predicted octanol–water partition coefficient (Wildman–Crippen LogP) is 4.67. The summed E-state index contributed by atoms with van der Waals surface area (Å²) in [5.74, 6) is -0.0804.